The summed E-state index contributed by atoms with van der Waals surface area (Å²) in [6.45, 7) is 12.3. The number of ether oxygens (including phenoxy) is 2. The van der Waals surface area contributed by atoms with Crippen molar-refractivity contribution in [3.8, 4) is 11.5 Å². The van der Waals surface area contributed by atoms with Gasteiger partial charge in [-0.3, -0.25) is 4.79 Å². The molecule has 1 heterocycles. The highest BCUT2D eigenvalue weighted by atomic mass is 16.5. The van der Waals surface area contributed by atoms with Gasteiger partial charge in [-0.25, -0.2) is 0 Å². The number of methoxy groups -OCH3 is 1. The minimum Gasteiger partial charge on any atom is -0.493 e. The largest absolute Gasteiger partial charge is 0.493 e. The van der Waals surface area contributed by atoms with E-state index in [2.05, 4.69) is 24.3 Å². The van der Waals surface area contributed by atoms with Crippen LogP contribution in [-0.2, 0) is 4.79 Å². The SMILES string of the molecule is COc1cc(C(C)NC(=O)C(C)c2c(C)noc2C)ccc1OCC(C)C. The van der Waals surface area contributed by atoms with Gasteiger partial charge in [-0.05, 0) is 51.3 Å². The Balaban J connectivity index is 2.10. The summed E-state index contributed by atoms with van der Waals surface area (Å²) in [5, 5.41) is 6.99. The van der Waals surface area contributed by atoms with E-state index in [0.29, 0.717) is 29.8 Å². The van der Waals surface area contributed by atoms with Crippen molar-refractivity contribution >= 4 is 5.91 Å². The summed E-state index contributed by atoms with van der Waals surface area (Å²) in [6.07, 6.45) is 0. The molecule has 2 unspecified atom stereocenters. The molecule has 1 N–H and O–H groups in total. The second-order valence-electron chi connectivity index (χ2n) is 7.30. The van der Waals surface area contributed by atoms with E-state index in [0.717, 1.165) is 16.8 Å². The topological polar surface area (TPSA) is 73.6 Å². The molecule has 0 spiro atoms. The predicted molar refractivity (Wildman–Crippen MR) is 104 cm³/mol. The van der Waals surface area contributed by atoms with Crippen LogP contribution in [-0.4, -0.2) is 24.8 Å². The average molecular weight is 374 g/mol. The summed E-state index contributed by atoms with van der Waals surface area (Å²) < 4.78 is 16.4. The molecule has 148 valence electrons. The van der Waals surface area contributed by atoms with E-state index < -0.39 is 0 Å². The van der Waals surface area contributed by atoms with Crippen LogP contribution in [0.4, 0.5) is 0 Å². The molecule has 0 radical (unpaired) electrons. The Bertz CT molecular complexity index is 763. The Kier molecular flexibility index (Phi) is 6.88. The lowest BCUT2D eigenvalue weighted by molar-refractivity contribution is -0.122. The third-order valence-corrected chi connectivity index (χ3v) is 4.53. The van der Waals surface area contributed by atoms with Gasteiger partial charge in [0.15, 0.2) is 11.5 Å². The molecule has 1 aromatic carbocycles. The summed E-state index contributed by atoms with van der Waals surface area (Å²) >= 11 is 0. The molecule has 0 aliphatic heterocycles. The maximum atomic E-state index is 12.7. The highest BCUT2D eigenvalue weighted by Gasteiger charge is 2.24. The number of rotatable bonds is 8. The zero-order valence-corrected chi connectivity index (χ0v) is 17.3. The van der Waals surface area contributed by atoms with E-state index in [9.17, 15) is 4.79 Å². The standard InChI is InChI=1S/C21H30N2O4/c1-12(2)11-26-18-9-8-17(10-19(18)25-7)14(4)22-21(24)13(3)20-15(5)23-27-16(20)6/h8-10,12-14H,11H2,1-7H3,(H,22,24). The van der Waals surface area contributed by atoms with Crippen LogP contribution >= 0.6 is 0 Å². The molecule has 0 fully saturated rings. The van der Waals surface area contributed by atoms with Crippen LogP contribution in [0.1, 0.15) is 62.2 Å². The van der Waals surface area contributed by atoms with Crippen molar-refractivity contribution < 1.29 is 18.8 Å². The van der Waals surface area contributed by atoms with Crippen molar-refractivity contribution in [2.45, 2.75) is 53.5 Å². The fourth-order valence-corrected chi connectivity index (χ4v) is 2.99. The van der Waals surface area contributed by atoms with Gasteiger partial charge in [0.1, 0.15) is 5.76 Å². The molecule has 1 aromatic heterocycles. The third kappa shape index (κ3) is 5.02. The van der Waals surface area contributed by atoms with Crippen LogP contribution in [0.2, 0.25) is 0 Å². The molecule has 2 rings (SSSR count). The first-order chi connectivity index (χ1) is 12.7. The van der Waals surface area contributed by atoms with E-state index in [1.54, 1.807) is 7.11 Å². The summed E-state index contributed by atoms with van der Waals surface area (Å²) in [5.41, 5.74) is 2.54. The number of hydrogen-bond acceptors (Lipinski definition) is 5. The molecule has 0 saturated heterocycles. The Morgan fingerprint density at radius 2 is 1.89 bits per heavy atom. The fourth-order valence-electron chi connectivity index (χ4n) is 2.99. The van der Waals surface area contributed by atoms with Gasteiger partial charge in [-0.15, -0.1) is 0 Å². The van der Waals surface area contributed by atoms with Crippen LogP contribution in [0.25, 0.3) is 0 Å². The van der Waals surface area contributed by atoms with Crippen molar-refractivity contribution in [2.75, 3.05) is 13.7 Å². The molecule has 6 heteroatoms. The minimum absolute atomic E-state index is 0.0731. The second-order valence-corrected chi connectivity index (χ2v) is 7.30. The van der Waals surface area contributed by atoms with Crippen molar-refractivity contribution in [1.29, 1.82) is 0 Å². The molecule has 0 aliphatic rings. The van der Waals surface area contributed by atoms with Crippen LogP contribution in [0.5, 0.6) is 11.5 Å². The molecular formula is C21H30N2O4. The lowest BCUT2D eigenvalue weighted by Gasteiger charge is -2.20. The Morgan fingerprint density at radius 1 is 1.19 bits per heavy atom. The molecule has 27 heavy (non-hydrogen) atoms. The fraction of sp³-hybridized carbons (Fsp3) is 0.524. The molecular weight excluding hydrogens is 344 g/mol. The maximum Gasteiger partial charge on any atom is 0.227 e. The average Bonchev–Trinajstić information content (AvgIpc) is 2.97. The zero-order valence-electron chi connectivity index (χ0n) is 17.3. The number of nitrogens with zero attached hydrogens (tertiary/aromatic N) is 1. The zero-order chi connectivity index (χ0) is 20.1. The Labute approximate surface area is 161 Å². The van der Waals surface area contributed by atoms with Gasteiger partial charge in [0.25, 0.3) is 0 Å². The first kappa shape index (κ1) is 20.8. The van der Waals surface area contributed by atoms with Gasteiger partial charge in [-0.2, -0.15) is 0 Å². The molecule has 0 bridgehead atoms. The summed E-state index contributed by atoms with van der Waals surface area (Å²) in [5.74, 6) is 2.06. The van der Waals surface area contributed by atoms with Gasteiger partial charge in [0.2, 0.25) is 5.91 Å². The molecule has 2 atom stereocenters. The summed E-state index contributed by atoms with van der Waals surface area (Å²) in [4.78, 5) is 12.7. The maximum absolute atomic E-state index is 12.7. The van der Waals surface area contributed by atoms with E-state index >= 15 is 0 Å². The number of aromatic nitrogens is 1. The number of carbonyl (C=O) groups excluding carboxylic acids is 1. The highest BCUT2D eigenvalue weighted by Crippen LogP contribution is 2.31. The quantitative estimate of drug-likeness (QED) is 0.745. The van der Waals surface area contributed by atoms with E-state index in [1.165, 1.54) is 0 Å². The molecule has 0 aliphatic carbocycles. The molecule has 1 amide bonds. The van der Waals surface area contributed by atoms with Gasteiger partial charge in [0.05, 0.1) is 31.4 Å². The first-order valence-corrected chi connectivity index (χ1v) is 9.28. The summed E-state index contributed by atoms with van der Waals surface area (Å²) in [7, 11) is 1.62. The van der Waals surface area contributed by atoms with Gasteiger partial charge < -0.3 is 19.3 Å². The number of benzene rings is 1. The lowest BCUT2D eigenvalue weighted by atomic mass is 9.97. The molecule has 0 saturated carbocycles. The van der Waals surface area contributed by atoms with Gasteiger partial charge in [-0.1, -0.05) is 25.1 Å². The number of amides is 1. The lowest BCUT2D eigenvalue weighted by Crippen LogP contribution is -2.31. The van der Waals surface area contributed by atoms with E-state index in [4.69, 9.17) is 14.0 Å². The number of nitrogens with one attached hydrogen (secondary N) is 1. The Morgan fingerprint density at radius 3 is 2.44 bits per heavy atom. The Hall–Kier alpha value is -2.50. The van der Waals surface area contributed by atoms with Gasteiger partial charge in [0, 0.05) is 5.56 Å². The van der Waals surface area contributed by atoms with Crippen LogP contribution in [0.3, 0.4) is 0 Å². The van der Waals surface area contributed by atoms with Crippen molar-refractivity contribution in [3.63, 3.8) is 0 Å². The predicted octanol–water partition coefficient (Wildman–Crippen LogP) is 4.32. The van der Waals surface area contributed by atoms with Crippen molar-refractivity contribution in [2.24, 2.45) is 5.92 Å². The molecule has 6 nitrogen and oxygen atoms in total. The normalized spacial score (nSPS) is 13.3. The smallest absolute Gasteiger partial charge is 0.227 e. The van der Waals surface area contributed by atoms with Crippen LogP contribution in [0, 0.1) is 19.8 Å². The van der Waals surface area contributed by atoms with Crippen molar-refractivity contribution in [3.05, 3.63) is 40.8 Å². The van der Waals surface area contributed by atoms with E-state index in [-0.39, 0.29) is 17.9 Å². The van der Waals surface area contributed by atoms with E-state index in [1.807, 2.05) is 45.9 Å². The summed E-state index contributed by atoms with van der Waals surface area (Å²) in [6, 6.07) is 5.57. The third-order valence-electron chi connectivity index (χ3n) is 4.53. The number of hydrogen-bond donors (Lipinski definition) is 1. The molecule has 2 aromatic rings. The van der Waals surface area contributed by atoms with Gasteiger partial charge >= 0.3 is 0 Å². The minimum atomic E-state index is -0.339. The first-order valence-electron chi connectivity index (χ1n) is 9.28. The van der Waals surface area contributed by atoms with Crippen LogP contribution < -0.4 is 14.8 Å². The number of carbonyl (C=O) groups is 1. The van der Waals surface area contributed by atoms with Crippen LogP contribution in [0.15, 0.2) is 22.7 Å². The number of aryl methyl sites for hydroxylation is 2. The second kappa shape index (κ2) is 8.93. The highest BCUT2D eigenvalue weighted by molar-refractivity contribution is 5.84. The van der Waals surface area contributed by atoms with Crippen molar-refractivity contribution in [1.82, 2.24) is 10.5 Å². The monoisotopic (exact) mass is 374 g/mol.